The third-order valence-corrected chi connectivity index (χ3v) is 4.60. The van der Waals surface area contributed by atoms with Crippen LogP contribution in [0.5, 0.6) is 0 Å². The van der Waals surface area contributed by atoms with Gasteiger partial charge in [-0.25, -0.2) is 0 Å². The molecule has 1 aromatic heterocycles. The summed E-state index contributed by atoms with van der Waals surface area (Å²) < 4.78 is 0. The Morgan fingerprint density at radius 1 is 1.50 bits per heavy atom. The van der Waals surface area contributed by atoms with Crippen molar-refractivity contribution < 1.29 is 0 Å². The molecule has 1 aromatic rings. The predicted octanol–water partition coefficient (Wildman–Crippen LogP) is 2.87. The lowest BCUT2D eigenvalue weighted by Gasteiger charge is -2.33. The minimum atomic E-state index is 0.567. The lowest BCUT2D eigenvalue weighted by atomic mass is 9.93. The van der Waals surface area contributed by atoms with Crippen LogP contribution < -0.4 is 5.73 Å². The minimum Gasteiger partial charge on any atom is -0.330 e. The van der Waals surface area contributed by atoms with E-state index in [1.54, 1.807) is 0 Å². The van der Waals surface area contributed by atoms with E-state index in [0.717, 1.165) is 13.1 Å². The van der Waals surface area contributed by atoms with E-state index in [0.29, 0.717) is 12.0 Å². The monoisotopic (exact) mass is 238 g/mol. The zero-order valence-corrected chi connectivity index (χ0v) is 10.9. The second kappa shape index (κ2) is 5.80. The van der Waals surface area contributed by atoms with Gasteiger partial charge in [-0.2, -0.15) is 0 Å². The van der Waals surface area contributed by atoms with Crippen molar-refractivity contribution in [1.82, 2.24) is 4.90 Å². The Kier molecular flexibility index (Phi) is 4.38. The Morgan fingerprint density at radius 2 is 2.38 bits per heavy atom. The normalized spacial score (nSPS) is 27.9. The maximum absolute atomic E-state index is 5.96. The van der Waals surface area contributed by atoms with Gasteiger partial charge in [0.1, 0.15) is 0 Å². The largest absolute Gasteiger partial charge is 0.330 e. The molecule has 2 N–H and O–H groups in total. The maximum atomic E-state index is 5.96. The highest BCUT2D eigenvalue weighted by Gasteiger charge is 2.29. The SMILES string of the molecule is CCN1CCCCC(CN)C1c1cccs1. The summed E-state index contributed by atoms with van der Waals surface area (Å²) in [6, 6.07) is 5.00. The number of rotatable bonds is 3. The third kappa shape index (κ3) is 2.47. The molecule has 0 radical (unpaired) electrons. The Bertz CT molecular complexity index is 283. The number of likely N-dealkylation sites (tertiary alicyclic amines) is 1. The first-order valence-corrected chi connectivity index (χ1v) is 7.22. The number of nitrogens with two attached hydrogens (primary N) is 1. The first kappa shape index (κ1) is 12.1. The van der Waals surface area contributed by atoms with Crippen LogP contribution >= 0.6 is 11.3 Å². The molecule has 1 aliphatic rings. The summed E-state index contributed by atoms with van der Waals surface area (Å²) in [7, 11) is 0. The molecule has 0 spiro atoms. The fourth-order valence-electron chi connectivity index (χ4n) is 2.79. The Balaban J connectivity index is 2.24. The van der Waals surface area contributed by atoms with Crippen LogP contribution in [0.4, 0.5) is 0 Å². The van der Waals surface area contributed by atoms with Crippen LogP contribution in [0, 0.1) is 5.92 Å². The first-order chi connectivity index (χ1) is 7.86. The van der Waals surface area contributed by atoms with Gasteiger partial charge in [-0.3, -0.25) is 4.90 Å². The molecule has 1 saturated heterocycles. The molecule has 2 atom stereocenters. The lowest BCUT2D eigenvalue weighted by Crippen LogP contribution is -2.35. The van der Waals surface area contributed by atoms with Gasteiger partial charge in [0.15, 0.2) is 0 Å². The maximum Gasteiger partial charge on any atom is 0.0481 e. The van der Waals surface area contributed by atoms with Crippen LogP contribution in [-0.2, 0) is 0 Å². The molecule has 0 bridgehead atoms. The van der Waals surface area contributed by atoms with Crippen molar-refractivity contribution in [3.05, 3.63) is 22.4 Å². The molecule has 0 saturated carbocycles. The molecule has 3 heteroatoms. The summed E-state index contributed by atoms with van der Waals surface area (Å²) >= 11 is 1.88. The number of thiophene rings is 1. The average Bonchev–Trinajstić information content (AvgIpc) is 2.75. The summed E-state index contributed by atoms with van der Waals surface area (Å²) in [5.74, 6) is 0.640. The molecule has 0 aromatic carbocycles. The molecule has 0 amide bonds. The van der Waals surface area contributed by atoms with Crippen molar-refractivity contribution in [1.29, 1.82) is 0 Å². The highest BCUT2D eigenvalue weighted by atomic mass is 32.1. The van der Waals surface area contributed by atoms with Crippen LogP contribution in [0.3, 0.4) is 0 Å². The van der Waals surface area contributed by atoms with Crippen molar-refractivity contribution in [2.24, 2.45) is 11.7 Å². The van der Waals surface area contributed by atoms with E-state index in [9.17, 15) is 0 Å². The molecule has 0 aliphatic carbocycles. The molecule has 1 fully saturated rings. The van der Waals surface area contributed by atoms with E-state index in [4.69, 9.17) is 5.73 Å². The van der Waals surface area contributed by atoms with E-state index < -0.39 is 0 Å². The van der Waals surface area contributed by atoms with Gasteiger partial charge in [0.2, 0.25) is 0 Å². The third-order valence-electron chi connectivity index (χ3n) is 3.65. The highest BCUT2D eigenvalue weighted by molar-refractivity contribution is 7.10. The van der Waals surface area contributed by atoms with E-state index >= 15 is 0 Å². The van der Waals surface area contributed by atoms with Crippen LogP contribution in [0.2, 0.25) is 0 Å². The van der Waals surface area contributed by atoms with Gasteiger partial charge < -0.3 is 5.73 Å². The zero-order chi connectivity index (χ0) is 11.4. The van der Waals surface area contributed by atoms with Gasteiger partial charge in [0, 0.05) is 10.9 Å². The van der Waals surface area contributed by atoms with Crippen LogP contribution in [0.25, 0.3) is 0 Å². The second-order valence-corrected chi connectivity index (χ2v) is 5.56. The van der Waals surface area contributed by atoms with Gasteiger partial charge in [-0.1, -0.05) is 19.4 Å². The topological polar surface area (TPSA) is 29.3 Å². The molecule has 2 unspecified atom stereocenters. The molecule has 16 heavy (non-hydrogen) atoms. The van der Waals surface area contributed by atoms with Crippen LogP contribution in [-0.4, -0.2) is 24.5 Å². The molecule has 2 heterocycles. The average molecular weight is 238 g/mol. The molecule has 2 rings (SSSR count). The molecule has 90 valence electrons. The van der Waals surface area contributed by atoms with Crippen molar-refractivity contribution in [3.63, 3.8) is 0 Å². The van der Waals surface area contributed by atoms with Gasteiger partial charge in [-0.15, -0.1) is 11.3 Å². The quantitative estimate of drug-likeness (QED) is 0.877. The molecular weight excluding hydrogens is 216 g/mol. The Labute approximate surface area is 102 Å². The van der Waals surface area contributed by atoms with E-state index in [1.165, 1.54) is 30.7 Å². The Morgan fingerprint density at radius 3 is 3.00 bits per heavy atom. The van der Waals surface area contributed by atoms with Crippen LogP contribution in [0.15, 0.2) is 17.5 Å². The summed E-state index contributed by atoms with van der Waals surface area (Å²) in [6.45, 7) is 5.45. The number of nitrogens with zero attached hydrogens (tertiary/aromatic N) is 1. The Hall–Kier alpha value is -0.380. The van der Waals surface area contributed by atoms with Crippen LogP contribution in [0.1, 0.15) is 37.1 Å². The summed E-state index contributed by atoms with van der Waals surface area (Å²) in [4.78, 5) is 4.11. The first-order valence-electron chi connectivity index (χ1n) is 6.34. The lowest BCUT2D eigenvalue weighted by molar-refractivity contribution is 0.170. The van der Waals surface area contributed by atoms with E-state index in [1.807, 2.05) is 11.3 Å². The van der Waals surface area contributed by atoms with Crippen molar-refractivity contribution >= 4 is 11.3 Å². The molecule has 2 nitrogen and oxygen atoms in total. The van der Waals surface area contributed by atoms with E-state index in [-0.39, 0.29) is 0 Å². The van der Waals surface area contributed by atoms with Crippen molar-refractivity contribution in [2.45, 2.75) is 32.2 Å². The number of hydrogen-bond acceptors (Lipinski definition) is 3. The standard InChI is InChI=1S/C13H22N2S/c1-2-15-8-4-3-6-11(10-14)13(15)12-7-5-9-16-12/h5,7,9,11,13H,2-4,6,8,10,14H2,1H3. The van der Waals surface area contributed by atoms with Gasteiger partial charge in [-0.05, 0) is 49.8 Å². The fraction of sp³-hybridized carbons (Fsp3) is 0.692. The van der Waals surface area contributed by atoms with Crippen molar-refractivity contribution in [2.75, 3.05) is 19.6 Å². The summed E-state index contributed by atoms with van der Waals surface area (Å²) in [6.07, 6.45) is 3.95. The molecule has 1 aliphatic heterocycles. The number of hydrogen-bond donors (Lipinski definition) is 1. The second-order valence-electron chi connectivity index (χ2n) is 4.58. The summed E-state index contributed by atoms with van der Waals surface area (Å²) in [5, 5.41) is 2.18. The smallest absolute Gasteiger partial charge is 0.0481 e. The van der Waals surface area contributed by atoms with Gasteiger partial charge in [0.05, 0.1) is 0 Å². The van der Waals surface area contributed by atoms with Gasteiger partial charge in [0.25, 0.3) is 0 Å². The van der Waals surface area contributed by atoms with Crippen molar-refractivity contribution in [3.8, 4) is 0 Å². The highest BCUT2D eigenvalue weighted by Crippen LogP contribution is 2.36. The summed E-state index contributed by atoms with van der Waals surface area (Å²) in [5.41, 5.74) is 5.96. The minimum absolute atomic E-state index is 0.567. The van der Waals surface area contributed by atoms with Gasteiger partial charge >= 0.3 is 0 Å². The molecular formula is C13H22N2S. The van der Waals surface area contributed by atoms with E-state index in [2.05, 4.69) is 29.3 Å². The fourth-order valence-corrected chi connectivity index (χ4v) is 3.74. The predicted molar refractivity (Wildman–Crippen MR) is 70.7 cm³/mol. The zero-order valence-electron chi connectivity index (χ0n) is 10.1.